The van der Waals surface area contributed by atoms with Gasteiger partial charge in [0.05, 0.1) is 12.0 Å². The topological polar surface area (TPSA) is 66.1 Å². The van der Waals surface area contributed by atoms with Crippen LogP contribution in [0, 0.1) is 5.92 Å². The Morgan fingerprint density at radius 1 is 1.04 bits per heavy atom. The lowest BCUT2D eigenvalue weighted by molar-refractivity contribution is 0.0762. The van der Waals surface area contributed by atoms with Gasteiger partial charge in [0.2, 0.25) is 0 Å². The second kappa shape index (κ2) is 5.65. The van der Waals surface area contributed by atoms with E-state index in [0.29, 0.717) is 18.7 Å². The number of fused-ring (bicyclic) bond motifs is 1. The monoisotopic (exact) mass is 309 g/mol. The summed E-state index contributed by atoms with van der Waals surface area (Å²) in [4.78, 5) is 34.0. The molecular formula is C18H19N3O2. The molecule has 1 saturated carbocycles. The van der Waals surface area contributed by atoms with Crippen LogP contribution in [0.25, 0.3) is 0 Å². The molecule has 5 nitrogen and oxygen atoms in total. The average Bonchev–Trinajstić information content (AvgIpc) is 3.37. The van der Waals surface area contributed by atoms with Crippen LogP contribution in [0.3, 0.4) is 0 Å². The molecule has 5 heteroatoms. The summed E-state index contributed by atoms with van der Waals surface area (Å²) in [7, 11) is 0. The van der Waals surface area contributed by atoms with Crippen molar-refractivity contribution < 1.29 is 9.59 Å². The maximum absolute atomic E-state index is 12.7. The van der Waals surface area contributed by atoms with Gasteiger partial charge in [-0.15, -0.1) is 0 Å². The van der Waals surface area contributed by atoms with Crippen molar-refractivity contribution in [3.05, 3.63) is 53.1 Å². The average molecular weight is 309 g/mol. The molecule has 0 saturated heterocycles. The van der Waals surface area contributed by atoms with Gasteiger partial charge < -0.3 is 9.88 Å². The number of benzene rings is 1. The predicted octanol–water partition coefficient (Wildman–Crippen LogP) is 2.24. The van der Waals surface area contributed by atoms with Crippen molar-refractivity contribution in [2.75, 3.05) is 13.1 Å². The molecule has 1 aliphatic carbocycles. The van der Waals surface area contributed by atoms with E-state index in [1.807, 2.05) is 4.90 Å². The van der Waals surface area contributed by atoms with Crippen LogP contribution in [0.15, 0.2) is 30.6 Å². The minimum absolute atomic E-state index is 0.0283. The highest BCUT2D eigenvalue weighted by Crippen LogP contribution is 2.32. The Kier molecular flexibility index (Phi) is 3.48. The molecule has 1 aromatic carbocycles. The van der Waals surface area contributed by atoms with Gasteiger partial charge in [-0.2, -0.15) is 0 Å². The van der Waals surface area contributed by atoms with Crippen LogP contribution in [0.1, 0.15) is 44.9 Å². The SMILES string of the molecule is O=C(c1ccc(C(=O)N2CCc3nc[nH]c3CC2)cc1)C1CC1. The van der Waals surface area contributed by atoms with Crippen LogP contribution in [0.4, 0.5) is 0 Å². The molecule has 2 aromatic rings. The third kappa shape index (κ3) is 2.79. The Labute approximate surface area is 134 Å². The number of Topliss-reactive ketones (excluding diaryl/α,β-unsaturated/α-hetero) is 1. The van der Waals surface area contributed by atoms with Crippen molar-refractivity contribution in [1.29, 1.82) is 0 Å². The molecular weight excluding hydrogens is 290 g/mol. The summed E-state index contributed by atoms with van der Waals surface area (Å²) < 4.78 is 0. The van der Waals surface area contributed by atoms with Crippen molar-refractivity contribution in [3.63, 3.8) is 0 Å². The lowest BCUT2D eigenvalue weighted by Crippen LogP contribution is -2.33. The number of aromatic amines is 1. The smallest absolute Gasteiger partial charge is 0.253 e. The minimum Gasteiger partial charge on any atom is -0.348 e. The second-order valence-electron chi connectivity index (χ2n) is 6.34. The van der Waals surface area contributed by atoms with Crippen LogP contribution < -0.4 is 0 Å². The number of imidazole rings is 1. The Morgan fingerprint density at radius 2 is 1.74 bits per heavy atom. The highest BCUT2D eigenvalue weighted by molar-refractivity contribution is 6.01. The van der Waals surface area contributed by atoms with Gasteiger partial charge in [-0.3, -0.25) is 9.59 Å². The van der Waals surface area contributed by atoms with Crippen LogP contribution in [-0.2, 0) is 12.8 Å². The summed E-state index contributed by atoms with van der Waals surface area (Å²) in [6.45, 7) is 1.37. The molecule has 1 aromatic heterocycles. The molecule has 0 atom stereocenters. The first kappa shape index (κ1) is 14.2. The van der Waals surface area contributed by atoms with E-state index in [1.165, 1.54) is 0 Å². The number of nitrogens with one attached hydrogen (secondary N) is 1. The number of amides is 1. The fourth-order valence-corrected chi connectivity index (χ4v) is 3.12. The fraction of sp³-hybridized carbons (Fsp3) is 0.389. The number of H-pyrrole nitrogens is 1. The van der Waals surface area contributed by atoms with E-state index in [2.05, 4.69) is 9.97 Å². The largest absolute Gasteiger partial charge is 0.348 e. The van der Waals surface area contributed by atoms with Gasteiger partial charge in [0.15, 0.2) is 5.78 Å². The number of aromatic nitrogens is 2. The number of nitrogens with zero attached hydrogens (tertiary/aromatic N) is 2. The van der Waals surface area contributed by atoms with Crippen molar-refractivity contribution in [3.8, 4) is 0 Å². The third-order valence-corrected chi connectivity index (χ3v) is 4.71. The van der Waals surface area contributed by atoms with Crippen LogP contribution >= 0.6 is 0 Å². The molecule has 2 heterocycles. The highest BCUT2D eigenvalue weighted by Gasteiger charge is 2.30. The molecule has 1 aliphatic heterocycles. The molecule has 1 amide bonds. The van der Waals surface area contributed by atoms with E-state index < -0.39 is 0 Å². The van der Waals surface area contributed by atoms with E-state index in [4.69, 9.17) is 0 Å². The lowest BCUT2D eigenvalue weighted by atomic mass is 10.0. The number of carbonyl (C=O) groups excluding carboxylic acids is 2. The third-order valence-electron chi connectivity index (χ3n) is 4.71. The van der Waals surface area contributed by atoms with Gasteiger partial charge in [0.1, 0.15) is 0 Å². The quantitative estimate of drug-likeness (QED) is 0.884. The van der Waals surface area contributed by atoms with Crippen molar-refractivity contribution in [1.82, 2.24) is 14.9 Å². The maximum atomic E-state index is 12.7. The fourth-order valence-electron chi connectivity index (χ4n) is 3.12. The van der Waals surface area contributed by atoms with Gasteiger partial charge in [-0.25, -0.2) is 4.98 Å². The summed E-state index contributed by atoms with van der Waals surface area (Å²) in [6, 6.07) is 7.13. The highest BCUT2D eigenvalue weighted by atomic mass is 16.2. The molecule has 2 aliphatic rings. The van der Waals surface area contributed by atoms with Crippen molar-refractivity contribution in [2.45, 2.75) is 25.7 Å². The van der Waals surface area contributed by atoms with Gasteiger partial charge in [0, 0.05) is 48.7 Å². The van der Waals surface area contributed by atoms with Gasteiger partial charge >= 0.3 is 0 Å². The summed E-state index contributed by atoms with van der Waals surface area (Å²) in [5.74, 6) is 0.451. The van der Waals surface area contributed by atoms with E-state index in [-0.39, 0.29) is 17.6 Å². The zero-order chi connectivity index (χ0) is 15.8. The summed E-state index contributed by atoms with van der Waals surface area (Å²) in [6.07, 6.45) is 5.31. The number of hydrogen-bond acceptors (Lipinski definition) is 3. The molecule has 1 fully saturated rings. The van der Waals surface area contributed by atoms with E-state index >= 15 is 0 Å². The number of hydrogen-bond donors (Lipinski definition) is 1. The lowest BCUT2D eigenvalue weighted by Gasteiger charge is -2.20. The second-order valence-corrected chi connectivity index (χ2v) is 6.34. The van der Waals surface area contributed by atoms with Crippen LogP contribution in [-0.4, -0.2) is 39.6 Å². The van der Waals surface area contributed by atoms with Gasteiger partial charge in [-0.1, -0.05) is 12.1 Å². The number of carbonyl (C=O) groups is 2. The van der Waals surface area contributed by atoms with Gasteiger partial charge in [-0.05, 0) is 25.0 Å². The normalized spacial score (nSPS) is 17.5. The Balaban J connectivity index is 1.46. The first-order valence-electron chi connectivity index (χ1n) is 8.17. The zero-order valence-corrected chi connectivity index (χ0v) is 12.9. The molecule has 0 spiro atoms. The van der Waals surface area contributed by atoms with Crippen LogP contribution in [0.5, 0.6) is 0 Å². The molecule has 0 bridgehead atoms. The summed E-state index contributed by atoms with van der Waals surface area (Å²) in [5.41, 5.74) is 3.56. The Hall–Kier alpha value is -2.43. The Morgan fingerprint density at radius 3 is 2.48 bits per heavy atom. The molecule has 23 heavy (non-hydrogen) atoms. The molecule has 1 N–H and O–H groups in total. The summed E-state index contributed by atoms with van der Waals surface area (Å²) in [5, 5.41) is 0. The molecule has 118 valence electrons. The zero-order valence-electron chi connectivity index (χ0n) is 12.9. The predicted molar refractivity (Wildman–Crippen MR) is 85.4 cm³/mol. The molecule has 0 unspecified atom stereocenters. The molecule has 4 rings (SSSR count). The first-order valence-corrected chi connectivity index (χ1v) is 8.17. The van der Waals surface area contributed by atoms with Crippen LogP contribution in [0.2, 0.25) is 0 Å². The van der Waals surface area contributed by atoms with E-state index in [1.54, 1.807) is 30.6 Å². The van der Waals surface area contributed by atoms with E-state index in [9.17, 15) is 9.59 Å². The molecule has 0 radical (unpaired) electrons. The van der Waals surface area contributed by atoms with Crippen molar-refractivity contribution >= 4 is 11.7 Å². The number of ketones is 1. The summed E-state index contributed by atoms with van der Waals surface area (Å²) >= 11 is 0. The minimum atomic E-state index is 0.0283. The standard InChI is InChI=1S/C18H19N3O2/c22-17(12-1-2-12)13-3-5-14(6-4-13)18(23)21-9-7-15-16(8-10-21)20-11-19-15/h3-6,11-12H,1-2,7-10H2,(H,19,20). The first-order chi connectivity index (χ1) is 11.2. The van der Waals surface area contributed by atoms with Crippen molar-refractivity contribution in [2.24, 2.45) is 5.92 Å². The number of rotatable bonds is 3. The maximum Gasteiger partial charge on any atom is 0.253 e. The van der Waals surface area contributed by atoms with Gasteiger partial charge in [0.25, 0.3) is 5.91 Å². The van der Waals surface area contributed by atoms with E-state index in [0.717, 1.165) is 42.6 Å². The Bertz CT molecular complexity index is 721.